The number of methoxy groups -OCH3 is 2. The molecule has 2 aliphatic heterocycles. The summed E-state index contributed by atoms with van der Waals surface area (Å²) in [6.07, 6.45) is 0.984. The number of nitrogens with zero attached hydrogens (tertiary/aromatic N) is 2. The smallest absolute Gasteiger partial charge is 0.255 e. The monoisotopic (exact) mass is 654 g/mol. The van der Waals surface area contributed by atoms with E-state index < -0.39 is 10.8 Å². The number of hydrogen-bond donors (Lipinski definition) is 2. The van der Waals surface area contributed by atoms with E-state index in [-0.39, 0.29) is 35.8 Å². The van der Waals surface area contributed by atoms with Crippen LogP contribution in [0.3, 0.4) is 0 Å². The minimum atomic E-state index is -1.13. The number of piperidine rings is 1. The summed E-state index contributed by atoms with van der Waals surface area (Å²) >= 11 is 0. The van der Waals surface area contributed by atoms with Crippen LogP contribution >= 0.6 is 0 Å². The minimum absolute atomic E-state index is 0.0200. The molecule has 6 rings (SSSR count). The predicted molar refractivity (Wildman–Crippen MR) is 183 cm³/mol. The molecule has 3 heterocycles. The molecule has 1 saturated heterocycles. The highest BCUT2D eigenvalue weighted by Gasteiger charge is 2.35. The summed E-state index contributed by atoms with van der Waals surface area (Å²) in [6, 6.07) is 25.3. The number of benzene rings is 3. The normalized spacial score (nSPS) is 17.3. The number of amides is 2. The molecule has 1 aromatic heterocycles. The Kier molecular flexibility index (Phi) is 9.72. The largest absolute Gasteiger partial charge is 0.497 e. The summed E-state index contributed by atoms with van der Waals surface area (Å²) in [5.74, 6) is 1.40. The summed E-state index contributed by atoms with van der Waals surface area (Å²) in [5.41, 5.74) is 4.01. The van der Waals surface area contributed by atoms with Gasteiger partial charge in [0.15, 0.2) is 0 Å². The van der Waals surface area contributed by atoms with Crippen molar-refractivity contribution in [2.45, 2.75) is 24.6 Å². The molecule has 4 aromatic rings. The zero-order valence-electron chi connectivity index (χ0n) is 26.4. The molecule has 3 atom stereocenters. The van der Waals surface area contributed by atoms with Crippen molar-refractivity contribution in [3.8, 4) is 11.5 Å². The minimum Gasteiger partial charge on any atom is -0.497 e. The standard InChI is InChI=1S/C36H38N4O6S/c1-45-29-16-27(17-30(19-29)46-2)36(43)38-31-18-26(35(42)37-13-14-47(44)23-24-7-4-3-5-8-24)11-12-33(31)39-20-25-15-28(22-39)32-9-6-10-34(41)40(32)21-25/h3-12,16-19,25,28H,13-15,20-23H2,1-2H3,(H,37,42)(H,38,43)/t25-,28+,47-/m1/s1. The molecule has 0 spiro atoms. The fraction of sp³-hybridized carbons (Fsp3) is 0.306. The molecule has 2 aliphatic rings. The Morgan fingerprint density at radius 2 is 1.62 bits per heavy atom. The van der Waals surface area contributed by atoms with Gasteiger partial charge in [-0.2, -0.15) is 0 Å². The van der Waals surface area contributed by atoms with Gasteiger partial charge in [0.1, 0.15) is 11.5 Å². The number of ether oxygens (including phenoxy) is 2. The van der Waals surface area contributed by atoms with Crippen molar-refractivity contribution in [2.75, 3.05) is 49.8 Å². The molecule has 10 nitrogen and oxygen atoms in total. The number of pyridine rings is 1. The van der Waals surface area contributed by atoms with Gasteiger partial charge in [-0.25, -0.2) is 0 Å². The van der Waals surface area contributed by atoms with Crippen LogP contribution in [-0.2, 0) is 23.1 Å². The predicted octanol–water partition coefficient (Wildman–Crippen LogP) is 4.42. The molecule has 1 fully saturated rings. The van der Waals surface area contributed by atoms with Crippen LogP contribution in [0.1, 0.15) is 44.3 Å². The number of fused-ring (bicyclic) bond motifs is 4. The molecule has 2 amide bonds. The zero-order valence-corrected chi connectivity index (χ0v) is 27.3. The number of anilines is 2. The molecule has 0 radical (unpaired) electrons. The Hall–Kier alpha value is -4.90. The Labute approximate surface area is 276 Å². The number of carbonyl (C=O) groups excluding carboxylic acids is 2. The highest BCUT2D eigenvalue weighted by atomic mass is 32.2. The number of carbonyl (C=O) groups is 2. The molecule has 2 bridgehead atoms. The highest BCUT2D eigenvalue weighted by Crippen LogP contribution is 2.39. The fourth-order valence-electron chi connectivity index (χ4n) is 6.49. The van der Waals surface area contributed by atoms with Gasteiger partial charge in [0.2, 0.25) is 0 Å². The lowest BCUT2D eigenvalue weighted by atomic mass is 9.83. The summed E-state index contributed by atoms with van der Waals surface area (Å²) in [5, 5.41) is 5.92. The third-order valence-corrected chi connectivity index (χ3v) is 10.0. The maximum absolute atomic E-state index is 13.6. The SMILES string of the molecule is COc1cc(OC)cc(C(=O)Nc2cc(C(=O)NCC[S@@](=O)Cc3ccccc3)ccc2N2C[C@H]3C[C@@H](C2)c2cccc(=O)n2C3)c1. The molecule has 0 saturated carbocycles. The van der Waals surface area contributed by atoms with Crippen molar-refractivity contribution in [3.05, 3.63) is 118 Å². The maximum atomic E-state index is 13.6. The highest BCUT2D eigenvalue weighted by molar-refractivity contribution is 7.84. The Morgan fingerprint density at radius 3 is 2.36 bits per heavy atom. The molecular formula is C36H38N4O6S. The van der Waals surface area contributed by atoms with Crippen molar-refractivity contribution in [3.63, 3.8) is 0 Å². The maximum Gasteiger partial charge on any atom is 0.255 e. The lowest BCUT2D eigenvalue weighted by molar-refractivity contribution is 0.0954. The molecule has 0 aliphatic carbocycles. The van der Waals surface area contributed by atoms with Crippen LogP contribution in [0.25, 0.3) is 0 Å². The van der Waals surface area contributed by atoms with Gasteiger partial charge in [0.05, 0.1) is 25.6 Å². The van der Waals surface area contributed by atoms with Gasteiger partial charge in [-0.1, -0.05) is 36.4 Å². The van der Waals surface area contributed by atoms with Crippen molar-refractivity contribution in [2.24, 2.45) is 5.92 Å². The van der Waals surface area contributed by atoms with Crippen LogP contribution in [0, 0.1) is 5.92 Å². The lowest BCUT2D eigenvalue weighted by Gasteiger charge is -2.44. The Balaban J connectivity index is 1.24. The second-order valence-electron chi connectivity index (χ2n) is 11.9. The first-order chi connectivity index (χ1) is 22.8. The first-order valence-corrected chi connectivity index (χ1v) is 17.1. The molecule has 3 aromatic carbocycles. The quantitative estimate of drug-likeness (QED) is 0.246. The van der Waals surface area contributed by atoms with Crippen LogP contribution in [0.15, 0.2) is 89.7 Å². The first kappa shape index (κ1) is 32.1. The molecule has 11 heteroatoms. The molecule has 0 unspecified atom stereocenters. The summed E-state index contributed by atoms with van der Waals surface area (Å²) in [4.78, 5) is 41.7. The van der Waals surface area contributed by atoms with Crippen LogP contribution in [0.5, 0.6) is 11.5 Å². The fourth-order valence-corrected chi connectivity index (χ4v) is 7.53. The number of hydrogen-bond acceptors (Lipinski definition) is 7. The Morgan fingerprint density at radius 1 is 0.851 bits per heavy atom. The second-order valence-corrected chi connectivity index (χ2v) is 13.5. The lowest BCUT2D eigenvalue weighted by Crippen LogP contribution is -2.47. The van der Waals surface area contributed by atoms with Crippen molar-refractivity contribution >= 4 is 34.0 Å². The van der Waals surface area contributed by atoms with Gasteiger partial charge in [-0.15, -0.1) is 0 Å². The summed E-state index contributed by atoms with van der Waals surface area (Å²) in [7, 11) is 1.91. The van der Waals surface area contributed by atoms with Crippen LogP contribution in [0.4, 0.5) is 11.4 Å². The van der Waals surface area contributed by atoms with E-state index >= 15 is 0 Å². The van der Waals surface area contributed by atoms with Crippen LogP contribution < -0.4 is 30.6 Å². The molecular weight excluding hydrogens is 616 g/mol. The topological polar surface area (TPSA) is 119 Å². The van der Waals surface area contributed by atoms with Gasteiger partial charge in [-0.3, -0.25) is 18.6 Å². The van der Waals surface area contributed by atoms with Crippen LogP contribution in [0.2, 0.25) is 0 Å². The van der Waals surface area contributed by atoms with Crippen molar-refractivity contribution in [1.29, 1.82) is 0 Å². The zero-order chi connectivity index (χ0) is 32.9. The second kappa shape index (κ2) is 14.3. The van der Waals surface area contributed by atoms with E-state index in [1.165, 1.54) is 14.2 Å². The molecule has 244 valence electrons. The summed E-state index contributed by atoms with van der Waals surface area (Å²) < 4.78 is 25.2. The van der Waals surface area contributed by atoms with Gasteiger partial charge >= 0.3 is 0 Å². The van der Waals surface area contributed by atoms with E-state index in [0.29, 0.717) is 59.5 Å². The van der Waals surface area contributed by atoms with E-state index in [0.717, 1.165) is 23.4 Å². The average molecular weight is 655 g/mol. The average Bonchev–Trinajstić information content (AvgIpc) is 3.08. The third kappa shape index (κ3) is 7.41. The van der Waals surface area contributed by atoms with Crippen molar-refractivity contribution in [1.82, 2.24) is 9.88 Å². The number of rotatable bonds is 11. The van der Waals surface area contributed by atoms with E-state index in [9.17, 15) is 18.6 Å². The molecule has 47 heavy (non-hydrogen) atoms. The number of aromatic nitrogens is 1. The third-order valence-electron chi connectivity index (χ3n) is 8.73. The van der Waals surface area contributed by atoms with Gasteiger partial charge in [0.25, 0.3) is 17.4 Å². The molecule has 2 N–H and O–H groups in total. The number of nitrogens with one attached hydrogen (secondary N) is 2. The summed E-state index contributed by atoms with van der Waals surface area (Å²) in [6.45, 7) is 2.25. The van der Waals surface area contributed by atoms with E-state index in [1.807, 2.05) is 53.1 Å². The van der Waals surface area contributed by atoms with Gasteiger partial charge in [-0.05, 0) is 54.3 Å². The van der Waals surface area contributed by atoms with Crippen molar-refractivity contribution < 1.29 is 23.3 Å². The van der Waals surface area contributed by atoms with E-state index in [1.54, 1.807) is 36.4 Å². The van der Waals surface area contributed by atoms with E-state index in [4.69, 9.17) is 9.47 Å². The van der Waals surface area contributed by atoms with Gasteiger partial charge in [0, 0.05) is 83.4 Å². The Bertz CT molecular complexity index is 1840. The van der Waals surface area contributed by atoms with Crippen LogP contribution in [-0.4, -0.2) is 60.2 Å². The first-order valence-electron chi connectivity index (χ1n) is 15.6. The van der Waals surface area contributed by atoms with Gasteiger partial charge < -0.3 is 29.6 Å². The van der Waals surface area contributed by atoms with E-state index in [2.05, 4.69) is 15.5 Å².